The van der Waals surface area contributed by atoms with Crippen molar-refractivity contribution < 1.29 is 0 Å². The molecule has 0 saturated heterocycles. The average molecular weight is 606 g/mol. The largest absolute Gasteiger partial charge is 0.354 e. The van der Waals surface area contributed by atoms with Gasteiger partial charge in [-0.1, -0.05) is 145 Å². The van der Waals surface area contributed by atoms with Gasteiger partial charge in [0.05, 0.1) is 28.3 Å². The maximum Gasteiger partial charge on any atom is 0.157 e. The van der Waals surface area contributed by atoms with Gasteiger partial charge in [0, 0.05) is 15.8 Å². The zero-order chi connectivity index (χ0) is 30.2. The van der Waals surface area contributed by atoms with Crippen molar-refractivity contribution in [2.75, 3.05) is 10.2 Å². The Labute approximate surface area is 271 Å². The second-order valence-electron chi connectivity index (χ2n) is 11.9. The summed E-state index contributed by atoms with van der Waals surface area (Å²) in [5.74, 6) is 0. The summed E-state index contributed by atoms with van der Waals surface area (Å²) < 4.78 is 0. The molecule has 2 aliphatic rings. The standard InChI is InChI=1S/C42H27N3S/c1-3-13-26(14-4-1)37-29-17-7-9-19-31(29)38(32-20-10-8-18-30(32)37)28-23-24-36-35(25-28)45-41-39(27-15-5-2-6-16-27)43-34-22-12-11-21-33(34)40(41)44-42(45)46-36/h1-25,42,44H. The lowest BCUT2D eigenvalue weighted by atomic mass is 9.86. The molecule has 10 rings (SSSR count). The van der Waals surface area contributed by atoms with E-state index in [1.165, 1.54) is 54.4 Å². The molecule has 4 heteroatoms. The fraction of sp³-hybridized carbons (Fsp3) is 0.0238. The zero-order valence-electron chi connectivity index (χ0n) is 24.8. The molecule has 1 atom stereocenters. The molecular formula is C42H27N3S. The zero-order valence-corrected chi connectivity index (χ0v) is 25.6. The van der Waals surface area contributed by atoms with Gasteiger partial charge in [0.25, 0.3) is 0 Å². The van der Waals surface area contributed by atoms with Crippen molar-refractivity contribution in [2.45, 2.75) is 10.4 Å². The SMILES string of the molecule is c1ccc(-c2nc3ccccc3c3c2N2c4cc(-c5c6ccccc6c(-c6ccccc6)c6ccccc56)ccc4SC2N3)cc1. The van der Waals surface area contributed by atoms with E-state index in [1.54, 1.807) is 0 Å². The van der Waals surface area contributed by atoms with Crippen molar-refractivity contribution in [3.05, 3.63) is 152 Å². The highest BCUT2D eigenvalue weighted by Gasteiger charge is 2.41. The molecule has 2 aliphatic heterocycles. The first-order valence-electron chi connectivity index (χ1n) is 15.7. The van der Waals surface area contributed by atoms with Crippen molar-refractivity contribution >= 4 is 61.3 Å². The van der Waals surface area contributed by atoms with Crippen molar-refractivity contribution in [2.24, 2.45) is 0 Å². The van der Waals surface area contributed by atoms with E-state index in [2.05, 4.69) is 162 Å². The number of benzene rings is 7. The van der Waals surface area contributed by atoms with E-state index in [1.807, 2.05) is 11.8 Å². The van der Waals surface area contributed by atoms with Crippen LogP contribution in [0.1, 0.15) is 0 Å². The summed E-state index contributed by atoms with van der Waals surface area (Å²) in [7, 11) is 0. The summed E-state index contributed by atoms with van der Waals surface area (Å²) in [6.45, 7) is 0. The molecule has 46 heavy (non-hydrogen) atoms. The molecular weight excluding hydrogens is 579 g/mol. The third-order valence-electron chi connectivity index (χ3n) is 9.40. The number of rotatable bonds is 3. The lowest BCUT2D eigenvalue weighted by Gasteiger charge is -2.22. The highest BCUT2D eigenvalue weighted by molar-refractivity contribution is 8.00. The van der Waals surface area contributed by atoms with Gasteiger partial charge >= 0.3 is 0 Å². The number of hydrogen-bond donors (Lipinski definition) is 1. The highest BCUT2D eigenvalue weighted by Crippen LogP contribution is 2.58. The van der Waals surface area contributed by atoms with Crippen molar-refractivity contribution in [3.8, 4) is 33.5 Å². The van der Waals surface area contributed by atoms with Crippen LogP contribution in [0.2, 0.25) is 0 Å². The Hall–Kier alpha value is -5.58. The van der Waals surface area contributed by atoms with Crippen LogP contribution < -0.4 is 10.2 Å². The highest BCUT2D eigenvalue weighted by atomic mass is 32.2. The van der Waals surface area contributed by atoms with Gasteiger partial charge in [0.2, 0.25) is 0 Å². The number of fused-ring (bicyclic) bond motifs is 9. The first-order chi connectivity index (χ1) is 22.8. The van der Waals surface area contributed by atoms with Gasteiger partial charge < -0.3 is 10.2 Å². The number of nitrogens with one attached hydrogen (secondary N) is 1. The average Bonchev–Trinajstić information content (AvgIpc) is 3.67. The summed E-state index contributed by atoms with van der Waals surface area (Å²) in [6, 6.07) is 54.6. The summed E-state index contributed by atoms with van der Waals surface area (Å²) >= 11 is 1.87. The van der Waals surface area contributed by atoms with Crippen molar-refractivity contribution in [1.29, 1.82) is 0 Å². The van der Waals surface area contributed by atoms with Crippen LogP contribution in [0.15, 0.2) is 157 Å². The minimum atomic E-state index is 0.0595. The van der Waals surface area contributed by atoms with E-state index in [4.69, 9.17) is 4.98 Å². The fourth-order valence-electron chi connectivity index (χ4n) is 7.45. The predicted octanol–water partition coefficient (Wildman–Crippen LogP) is 11.5. The number of thioether (sulfide) groups is 1. The maximum atomic E-state index is 5.26. The Morgan fingerprint density at radius 1 is 0.522 bits per heavy atom. The molecule has 3 nitrogen and oxygen atoms in total. The Kier molecular flexibility index (Phi) is 5.57. The van der Waals surface area contributed by atoms with Gasteiger partial charge in [0.1, 0.15) is 0 Å². The van der Waals surface area contributed by atoms with Crippen LogP contribution in [0.4, 0.5) is 17.1 Å². The number of aromatic nitrogens is 1. The molecule has 0 aliphatic carbocycles. The Balaban J connectivity index is 1.23. The third kappa shape index (κ3) is 3.71. The molecule has 1 aromatic heterocycles. The molecule has 0 bridgehead atoms. The number of hydrogen-bond acceptors (Lipinski definition) is 4. The molecule has 216 valence electrons. The molecule has 1 unspecified atom stereocenters. The Morgan fingerprint density at radius 3 is 1.72 bits per heavy atom. The van der Waals surface area contributed by atoms with Crippen LogP contribution in [0.25, 0.3) is 66.0 Å². The van der Waals surface area contributed by atoms with Gasteiger partial charge in [-0.05, 0) is 62.0 Å². The molecule has 0 fully saturated rings. The number of para-hydroxylation sites is 1. The van der Waals surface area contributed by atoms with Crippen LogP contribution in [-0.2, 0) is 0 Å². The maximum absolute atomic E-state index is 5.26. The van der Waals surface area contributed by atoms with E-state index in [-0.39, 0.29) is 5.50 Å². The number of anilines is 3. The van der Waals surface area contributed by atoms with Crippen LogP contribution in [-0.4, -0.2) is 10.5 Å². The van der Waals surface area contributed by atoms with E-state index in [9.17, 15) is 0 Å². The normalized spacial score (nSPS) is 14.8. The van der Waals surface area contributed by atoms with Crippen LogP contribution >= 0.6 is 11.8 Å². The molecule has 7 aromatic carbocycles. The Bertz CT molecular complexity index is 2430. The summed E-state index contributed by atoms with van der Waals surface area (Å²) in [5, 5.41) is 10.1. The fourth-order valence-corrected chi connectivity index (χ4v) is 8.62. The second-order valence-corrected chi connectivity index (χ2v) is 13.1. The predicted molar refractivity (Wildman–Crippen MR) is 195 cm³/mol. The van der Waals surface area contributed by atoms with Gasteiger partial charge in [-0.15, -0.1) is 0 Å². The van der Waals surface area contributed by atoms with Crippen molar-refractivity contribution in [3.63, 3.8) is 0 Å². The molecule has 0 amide bonds. The van der Waals surface area contributed by atoms with Gasteiger partial charge in [-0.3, -0.25) is 0 Å². The van der Waals surface area contributed by atoms with E-state index >= 15 is 0 Å². The molecule has 0 radical (unpaired) electrons. The molecule has 8 aromatic rings. The monoisotopic (exact) mass is 605 g/mol. The van der Waals surface area contributed by atoms with E-state index < -0.39 is 0 Å². The smallest absolute Gasteiger partial charge is 0.157 e. The Morgan fingerprint density at radius 2 is 1.07 bits per heavy atom. The molecule has 0 saturated carbocycles. The summed E-state index contributed by atoms with van der Waals surface area (Å²) in [4.78, 5) is 9.01. The first kappa shape index (κ1) is 25.7. The molecule has 1 N–H and O–H groups in total. The molecule has 3 heterocycles. The lowest BCUT2D eigenvalue weighted by Crippen LogP contribution is -2.24. The second kappa shape index (κ2) is 9.96. The van der Waals surface area contributed by atoms with E-state index in [0.717, 1.165) is 33.5 Å². The van der Waals surface area contributed by atoms with Gasteiger partial charge in [0.15, 0.2) is 5.50 Å². The van der Waals surface area contributed by atoms with Gasteiger partial charge in [-0.25, -0.2) is 4.98 Å². The minimum absolute atomic E-state index is 0.0595. The van der Waals surface area contributed by atoms with Crippen LogP contribution in [0.3, 0.4) is 0 Å². The number of nitrogens with zero attached hydrogens (tertiary/aromatic N) is 2. The lowest BCUT2D eigenvalue weighted by molar-refractivity contribution is 1.04. The summed E-state index contributed by atoms with van der Waals surface area (Å²) in [6.07, 6.45) is 0. The van der Waals surface area contributed by atoms with Gasteiger partial charge in [-0.2, -0.15) is 0 Å². The molecule has 0 spiro atoms. The third-order valence-corrected chi connectivity index (χ3v) is 10.5. The number of pyridine rings is 1. The topological polar surface area (TPSA) is 28.2 Å². The minimum Gasteiger partial charge on any atom is -0.354 e. The quantitative estimate of drug-likeness (QED) is 0.203. The van der Waals surface area contributed by atoms with Crippen molar-refractivity contribution in [1.82, 2.24) is 4.98 Å². The first-order valence-corrected chi connectivity index (χ1v) is 16.6. The van der Waals surface area contributed by atoms with Crippen LogP contribution in [0, 0.1) is 0 Å². The summed E-state index contributed by atoms with van der Waals surface area (Å²) in [5.41, 5.74) is 11.7. The van der Waals surface area contributed by atoms with E-state index in [0.29, 0.717) is 0 Å². The van der Waals surface area contributed by atoms with Crippen LogP contribution in [0.5, 0.6) is 0 Å².